The fourth-order valence-corrected chi connectivity index (χ4v) is 3.99. The van der Waals surface area contributed by atoms with Crippen LogP contribution in [0.3, 0.4) is 0 Å². The fourth-order valence-electron chi connectivity index (χ4n) is 3.99. The number of likely N-dealkylation sites (tertiary alicyclic amines) is 1. The summed E-state index contributed by atoms with van der Waals surface area (Å²) in [4.78, 5) is 22.4. The summed E-state index contributed by atoms with van der Waals surface area (Å²) in [5.74, 6) is 1.54. The molecule has 140 valence electrons. The van der Waals surface area contributed by atoms with E-state index in [0.717, 1.165) is 59.5 Å². The van der Waals surface area contributed by atoms with Crippen molar-refractivity contribution in [2.75, 3.05) is 13.1 Å². The molecule has 28 heavy (non-hydrogen) atoms. The van der Waals surface area contributed by atoms with Gasteiger partial charge in [-0.2, -0.15) is 5.10 Å². The average Bonchev–Trinajstić information content (AvgIpc) is 3.44. The third-order valence-corrected chi connectivity index (χ3v) is 5.56. The number of hydrogen-bond acceptors (Lipinski definition) is 3. The summed E-state index contributed by atoms with van der Waals surface area (Å²) in [5, 5.41) is 8.58. The van der Waals surface area contributed by atoms with Crippen molar-refractivity contribution in [3.63, 3.8) is 0 Å². The highest BCUT2D eigenvalue weighted by molar-refractivity contribution is 5.96. The maximum Gasteiger partial charge on any atom is 0.253 e. The Kier molecular flexibility index (Phi) is 4.16. The lowest BCUT2D eigenvalue weighted by Gasteiger charge is -2.31. The van der Waals surface area contributed by atoms with Crippen molar-refractivity contribution in [2.45, 2.75) is 18.8 Å². The van der Waals surface area contributed by atoms with E-state index < -0.39 is 0 Å². The third kappa shape index (κ3) is 2.97. The first-order chi connectivity index (χ1) is 13.8. The van der Waals surface area contributed by atoms with Gasteiger partial charge in [0.15, 0.2) is 0 Å². The van der Waals surface area contributed by atoms with E-state index in [1.54, 1.807) is 6.20 Å². The Balaban J connectivity index is 1.30. The van der Waals surface area contributed by atoms with E-state index in [1.165, 1.54) is 0 Å². The van der Waals surface area contributed by atoms with Crippen LogP contribution in [0.5, 0.6) is 0 Å². The molecular formula is C22H21N5O. The van der Waals surface area contributed by atoms with E-state index in [0.29, 0.717) is 5.92 Å². The van der Waals surface area contributed by atoms with Gasteiger partial charge in [-0.3, -0.25) is 9.89 Å². The van der Waals surface area contributed by atoms with Gasteiger partial charge in [-0.15, -0.1) is 0 Å². The van der Waals surface area contributed by atoms with Crippen molar-refractivity contribution in [3.05, 3.63) is 72.3 Å². The van der Waals surface area contributed by atoms with Gasteiger partial charge in [0.1, 0.15) is 5.82 Å². The molecule has 0 radical (unpaired) electrons. The maximum atomic E-state index is 12.9. The van der Waals surface area contributed by atoms with Gasteiger partial charge in [0.05, 0.1) is 11.2 Å². The molecule has 2 aromatic heterocycles. The molecule has 2 aromatic carbocycles. The summed E-state index contributed by atoms with van der Waals surface area (Å²) in [7, 11) is 0. The van der Waals surface area contributed by atoms with Crippen molar-refractivity contribution in [1.82, 2.24) is 25.1 Å². The number of imidazole rings is 1. The number of piperidine rings is 1. The zero-order valence-corrected chi connectivity index (χ0v) is 15.4. The van der Waals surface area contributed by atoms with E-state index in [4.69, 9.17) is 0 Å². The topological polar surface area (TPSA) is 77.7 Å². The maximum absolute atomic E-state index is 12.9. The highest BCUT2D eigenvalue weighted by Crippen LogP contribution is 2.28. The third-order valence-electron chi connectivity index (χ3n) is 5.56. The van der Waals surface area contributed by atoms with Crippen LogP contribution in [0.1, 0.15) is 34.9 Å². The Morgan fingerprint density at radius 3 is 2.57 bits per heavy atom. The summed E-state index contributed by atoms with van der Waals surface area (Å²) in [5.41, 5.74) is 3.65. The number of carbonyl (C=O) groups excluding carboxylic acids is 1. The SMILES string of the molecule is O=C(c1ccc(-c2n[nH]c3ccccc23)cc1)N1CCC(c2ncc[nH]2)CC1. The molecule has 4 aromatic rings. The lowest BCUT2D eigenvalue weighted by molar-refractivity contribution is 0.0711. The van der Waals surface area contributed by atoms with E-state index in [9.17, 15) is 4.79 Å². The smallest absolute Gasteiger partial charge is 0.253 e. The van der Waals surface area contributed by atoms with Gasteiger partial charge in [-0.1, -0.05) is 30.3 Å². The lowest BCUT2D eigenvalue weighted by atomic mass is 9.95. The monoisotopic (exact) mass is 371 g/mol. The second kappa shape index (κ2) is 6.96. The molecule has 3 heterocycles. The van der Waals surface area contributed by atoms with Gasteiger partial charge < -0.3 is 9.88 Å². The number of H-pyrrole nitrogens is 2. The first-order valence-electron chi connectivity index (χ1n) is 9.62. The van der Waals surface area contributed by atoms with Gasteiger partial charge in [-0.25, -0.2) is 4.98 Å². The van der Waals surface area contributed by atoms with E-state index in [2.05, 4.69) is 26.2 Å². The number of nitrogens with one attached hydrogen (secondary N) is 2. The average molecular weight is 371 g/mol. The molecule has 1 aliphatic heterocycles. The van der Waals surface area contributed by atoms with Crippen molar-refractivity contribution >= 4 is 16.8 Å². The molecule has 1 aliphatic rings. The molecule has 6 nitrogen and oxygen atoms in total. The van der Waals surface area contributed by atoms with Crippen LogP contribution in [0, 0.1) is 0 Å². The molecule has 0 aliphatic carbocycles. The van der Waals surface area contributed by atoms with Gasteiger partial charge in [0, 0.05) is 47.9 Å². The molecule has 5 rings (SSSR count). The van der Waals surface area contributed by atoms with Gasteiger partial charge in [0.25, 0.3) is 5.91 Å². The lowest BCUT2D eigenvalue weighted by Crippen LogP contribution is -2.38. The number of carbonyl (C=O) groups is 1. The van der Waals surface area contributed by atoms with Crippen LogP contribution in [-0.2, 0) is 0 Å². The number of rotatable bonds is 3. The predicted molar refractivity (Wildman–Crippen MR) is 108 cm³/mol. The molecule has 6 heteroatoms. The summed E-state index contributed by atoms with van der Waals surface area (Å²) in [6.07, 6.45) is 5.53. The second-order valence-electron chi connectivity index (χ2n) is 7.24. The molecule has 1 amide bonds. The van der Waals surface area contributed by atoms with Crippen LogP contribution in [0.25, 0.3) is 22.2 Å². The summed E-state index contributed by atoms with van der Waals surface area (Å²) in [6.45, 7) is 1.52. The Morgan fingerprint density at radius 2 is 1.82 bits per heavy atom. The van der Waals surface area contributed by atoms with Crippen molar-refractivity contribution in [1.29, 1.82) is 0 Å². The van der Waals surface area contributed by atoms with Crippen molar-refractivity contribution in [3.8, 4) is 11.3 Å². The number of hydrogen-bond donors (Lipinski definition) is 2. The Morgan fingerprint density at radius 1 is 1.04 bits per heavy atom. The summed E-state index contributed by atoms with van der Waals surface area (Å²) in [6, 6.07) is 15.8. The quantitative estimate of drug-likeness (QED) is 0.572. The van der Waals surface area contributed by atoms with Crippen LogP contribution in [0.2, 0.25) is 0 Å². The summed E-state index contributed by atoms with van der Waals surface area (Å²) >= 11 is 0. The molecule has 1 fully saturated rings. The van der Waals surface area contributed by atoms with Gasteiger partial charge in [-0.05, 0) is 31.0 Å². The van der Waals surface area contributed by atoms with Crippen LogP contribution >= 0.6 is 0 Å². The molecule has 0 bridgehead atoms. The molecule has 1 saturated heterocycles. The zero-order chi connectivity index (χ0) is 18.9. The first-order valence-corrected chi connectivity index (χ1v) is 9.62. The number of fused-ring (bicyclic) bond motifs is 1. The van der Waals surface area contributed by atoms with E-state index >= 15 is 0 Å². The van der Waals surface area contributed by atoms with E-state index in [1.807, 2.05) is 53.6 Å². The molecule has 0 saturated carbocycles. The minimum Gasteiger partial charge on any atom is -0.348 e. The Hall–Kier alpha value is -3.41. The van der Waals surface area contributed by atoms with Crippen molar-refractivity contribution in [2.24, 2.45) is 0 Å². The molecule has 2 N–H and O–H groups in total. The predicted octanol–water partition coefficient (Wildman–Crippen LogP) is 3.97. The Bertz CT molecular complexity index is 1090. The zero-order valence-electron chi connectivity index (χ0n) is 15.4. The second-order valence-corrected chi connectivity index (χ2v) is 7.24. The molecular weight excluding hydrogens is 350 g/mol. The molecule has 0 unspecified atom stereocenters. The molecule has 0 atom stereocenters. The number of para-hydroxylation sites is 1. The van der Waals surface area contributed by atoms with Crippen LogP contribution in [0.4, 0.5) is 0 Å². The first kappa shape index (κ1) is 16.7. The van der Waals surface area contributed by atoms with Crippen LogP contribution in [-0.4, -0.2) is 44.1 Å². The summed E-state index contributed by atoms with van der Waals surface area (Å²) < 4.78 is 0. The minimum absolute atomic E-state index is 0.0938. The van der Waals surface area contributed by atoms with Crippen molar-refractivity contribution < 1.29 is 4.79 Å². The fraction of sp³-hybridized carbons (Fsp3) is 0.227. The van der Waals surface area contributed by atoms with Crippen LogP contribution in [0.15, 0.2) is 60.9 Å². The molecule has 0 spiro atoms. The van der Waals surface area contributed by atoms with E-state index in [-0.39, 0.29) is 5.91 Å². The normalized spacial score (nSPS) is 15.2. The minimum atomic E-state index is 0.0938. The number of aromatic nitrogens is 4. The number of nitrogens with zero attached hydrogens (tertiary/aromatic N) is 3. The highest BCUT2D eigenvalue weighted by Gasteiger charge is 2.25. The largest absolute Gasteiger partial charge is 0.348 e. The number of amides is 1. The van der Waals surface area contributed by atoms with Crippen LogP contribution < -0.4 is 0 Å². The number of aromatic amines is 2. The number of benzene rings is 2. The van der Waals surface area contributed by atoms with Gasteiger partial charge in [0.2, 0.25) is 0 Å². The standard InChI is InChI=1S/C22H21N5O/c28-22(27-13-9-16(10-14-27)21-23-11-12-24-21)17-7-5-15(6-8-17)20-18-3-1-2-4-19(18)25-26-20/h1-8,11-12,16H,9-10,13-14H2,(H,23,24)(H,25,26). The highest BCUT2D eigenvalue weighted by atomic mass is 16.2. The Labute approximate surface area is 162 Å². The van der Waals surface area contributed by atoms with Gasteiger partial charge >= 0.3 is 0 Å².